The fourth-order valence-electron chi connectivity index (χ4n) is 2.39. The summed E-state index contributed by atoms with van der Waals surface area (Å²) < 4.78 is 16.9. The molecule has 0 aromatic rings. The van der Waals surface area contributed by atoms with Crippen LogP contribution in [0.4, 0.5) is 0 Å². The van der Waals surface area contributed by atoms with Gasteiger partial charge in [0.1, 0.15) is 0 Å². The Labute approximate surface area is 91.1 Å². The lowest BCUT2D eigenvalue weighted by Gasteiger charge is -2.30. The lowest BCUT2D eigenvalue weighted by molar-refractivity contribution is -0.169. The van der Waals surface area contributed by atoms with Gasteiger partial charge in [0.25, 0.3) is 0 Å². The van der Waals surface area contributed by atoms with Crippen molar-refractivity contribution in [3.8, 4) is 0 Å². The van der Waals surface area contributed by atoms with Gasteiger partial charge in [-0.05, 0) is 25.7 Å². The fraction of sp³-hybridized carbons (Fsp3) is 1.00. The Kier molecular flexibility index (Phi) is 3.61. The summed E-state index contributed by atoms with van der Waals surface area (Å²) >= 11 is 0. The maximum absolute atomic E-state index is 5.81. The first-order chi connectivity index (χ1) is 7.22. The van der Waals surface area contributed by atoms with E-state index in [-0.39, 0.29) is 6.10 Å². The van der Waals surface area contributed by atoms with Crippen LogP contribution < -0.4 is 5.73 Å². The average molecular weight is 215 g/mol. The number of ether oxygens (including phenoxy) is 3. The van der Waals surface area contributed by atoms with Gasteiger partial charge in [0.2, 0.25) is 0 Å². The molecule has 0 spiro atoms. The highest BCUT2D eigenvalue weighted by Gasteiger charge is 2.38. The van der Waals surface area contributed by atoms with Gasteiger partial charge >= 0.3 is 0 Å². The molecule has 2 aliphatic heterocycles. The fourth-order valence-corrected chi connectivity index (χ4v) is 2.39. The van der Waals surface area contributed by atoms with Crippen molar-refractivity contribution in [1.29, 1.82) is 0 Å². The molecule has 2 aliphatic rings. The van der Waals surface area contributed by atoms with Crippen molar-refractivity contribution < 1.29 is 14.2 Å². The van der Waals surface area contributed by atoms with Crippen LogP contribution in [0, 0.1) is 5.92 Å². The van der Waals surface area contributed by atoms with Crippen LogP contribution in [0.2, 0.25) is 0 Å². The molecule has 0 aromatic carbocycles. The van der Waals surface area contributed by atoms with E-state index in [0.717, 1.165) is 32.5 Å². The summed E-state index contributed by atoms with van der Waals surface area (Å²) in [6.07, 6.45) is 3.28. The van der Waals surface area contributed by atoms with Crippen molar-refractivity contribution in [3.05, 3.63) is 0 Å². The molecule has 0 aliphatic carbocycles. The van der Waals surface area contributed by atoms with Crippen LogP contribution in [0.25, 0.3) is 0 Å². The van der Waals surface area contributed by atoms with Gasteiger partial charge in [-0.15, -0.1) is 0 Å². The molecule has 4 heteroatoms. The van der Waals surface area contributed by atoms with Gasteiger partial charge in [0.15, 0.2) is 5.79 Å². The third-order valence-electron chi connectivity index (χ3n) is 3.25. The predicted molar refractivity (Wildman–Crippen MR) is 56.4 cm³/mol. The normalized spacial score (nSPS) is 38.4. The first-order valence-corrected chi connectivity index (χ1v) is 5.81. The predicted octanol–water partition coefficient (Wildman–Crippen LogP) is 0.893. The van der Waals surface area contributed by atoms with E-state index in [1.807, 2.05) is 6.92 Å². The largest absolute Gasteiger partial charge is 0.381 e. The molecule has 0 amide bonds. The maximum atomic E-state index is 5.81. The molecule has 0 aromatic heterocycles. The second kappa shape index (κ2) is 4.78. The third-order valence-corrected chi connectivity index (χ3v) is 3.25. The second-order valence-electron chi connectivity index (χ2n) is 4.68. The van der Waals surface area contributed by atoms with Crippen LogP contribution in [-0.2, 0) is 14.2 Å². The molecular formula is C11H21NO3. The Morgan fingerprint density at radius 3 is 2.67 bits per heavy atom. The average Bonchev–Trinajstić information content (AvgIpc) is 2.61. The van der Waals surface area contributed by atoms with E-state index in [1.165, 1.54) is 0 Å². The van der Waals surface area contributed by atoms with Gasteiger partial charge in [-0.3, -0.25) is 0 Å². The highest BCUT2D eigenvalue weighted by molar-refractivity contribution is 4.79. The second-order valence-corrected chi connectivity index (χ2v) is 4.68. The Balaban J connectivity index is 1.82. The van der Waals surface area contributed by atoms with Crippen LogP contribution in [0.3, 0.4) is 0 Å². The number of hydrogen-bond donors (Lipinski definition) is 1. The summed E-state index contributed by atoms with van der Waals surface area (Å²) in [4.78, 5) is 0. The molecule has 0 radical (unpaired) electrons. The quantitative estimate of drug-likeness (QED) is 0.759. The first-order valence-electron chi connectivity index (χ1n) is 5.81. The van der Waals surface area contributed by atoms with E-state index in [2.05, 4.69) is 0 Å². The van der Waals surface area contributed by atoms with E-state index in [1.54, 1.807) is 0 Å². The molecule has 2 saturated heterocycles. The summed E-state index contributed by atoms with van der Waals surface area (Å²) in [6, 6.07) is 0. The highest BCUT2D eigenvalue weighted by atomic mass is 16.7. The minimum absolute atomic E-state index is 0.0786. The van der Waals surface area contributed by atoms with E-state index < -0.39 is 5.79 Å². The van der Waals surface area contributed by atoms with Crippen LogP contribution in [0.5, 0.6) is 0 Å². The van der Waals surface area contributed by atoms with Crippen molar-refractivity contribution in [2.24, 2.45) is 11.7 Å². The molecule has 2 N–H and O–H groups in total. The third kappa shape index (κ3) is 2.91. The Morgan fingerprint density at radius 2 is 2.07 bits per heavy atom. The first kappa shape index (κ1) is 11.3. The summed E-state index contributed by atoms with van der Waals surface area (Å²) in [6.45, 7) is 4.96. The summed E-state index contributed by atoms with van der Waals surface area (Å²) in [5.74, 6) is 0.256. The molecule has 4 nitrogen and oxygen atoms in total. The lowest BCUT2D eigenvalue weighted by Crippen LogP contribution is -2.33. The van der Waals surface area contributed by atoms with Crippen molar-refractivity contribution >= 4 is 0 Å². The number of rotatable bonds is 3. The molecule has 88 valence electrons. The van der Waals surface area contributed by atoms with Crippen LogP contribution in [-0.4, -0.2) is 38.3 Å². The zero-order chi connectivity index (χ0) is 10.7. The molecule has 2 rings (SSSR count). The van der Waals surface area contributed by atoms with Crippen molar-refractivity contribution in [1.82, 2.24) is 0 Å². The SMILES string of the molecule is CC1(CC2CCOCC2)OCC(CN)O1. The van der Waals surface area contributed by atoms with Gasteiger partial charge in [-0.25, -0.2) is 0 Å². The number of nitrogens with two attached hydrogens (primary N) is 1. The molecule has 0 saturated carbocycles. The molecule has 15 heavy (non-hydrogen) atoms. The minimum Gasteiger partial charge on any atom is -0.381 e. The van der Waals surface area contributed by atoms with E-state index in [0.29, 0.717) is 19.1 Å². The zero-order valence-electron chi connectivity index (χ0n) is 9.41. The highest BCUT2D eigenvalue weighted by Crippen LogP contribution is 2.33. The molecular weight excluding hydrogens is 194 g/mol. The van der Waals surface area contributed by atoms with Crippen molar-refractivity contribution in [2.45, 2.75) is 38.1 Å². The summed E-state index contributed by atoms with van der Waals surface area (Å²) in [5, 5.41) is 0. The van der Waals surface area contributed by atoms with Crippen LogP contribution >= 0.6 is 0 Å². The van der Waals surface area contributed by atoms with Crippen molar-refractivity contribution in [2.75, 3.05) is 26.4 Å². The monoisotopic (exact) mass is 215 g/mol. The molecule has 2 fully saturated rings. The van der Waals surface area contributed by atoms with Gasteiger partial charge in [0.05, 0.1) is 12.7 Å². The summed E-state index contributed by atoms with van der Waals surface area (Å²) in [7, 11) is 0. The zero-order valence-corrected chi connectivity index (χ0v) is 9.41. The van der Waals surface area contributed by atoms with Crippen molar-refractivity contribution in [3.63, 3.8) is 0 Å². The van der Waals surface area contributed by atoms with E-state index in [9.17, 15) is 0 Å². The van der Waals surface area contributed by atoms with Gasteiger partial charge < -0.3 is 19.9 Å². The Morgan fingerprint density at radius 1 is 1.33 bits per heavy atom. The van der Waals surface area contributed by atoms with Crippen LogP contribution in [0.15, 0.2) is 0 Å². The maximum Gasteiger partial charge on any atom is 0.166 e. The number of hydrogen-bond acceptors (Lipinski definition) is 4. The van der Waals surface area contributed by atoms with E-state index >= 15 is 0 Å². The smallest absolute Gasteiger partial charge is 0.166 e. The van der Waals surface area contributed by atoms with Gasteiger partial charge in [0, 0.05) is 26.2 Å². The molecule has 0 bridgehead atoms. The molecule has 2 atom stereocenters. The topological polar surface area (TPSA) is 53.7 Å². The van der Waals surface area contributed by atoms with Crippen LogP contribution in [0.1, 0.15) is 26.2 Å². The van der Waals surface area contributed by atoms with Gasteiger partial charge in [-0.1, -0.05) is 0 Å². The standard InChI is InChI=1S/C11H21NO3/c1-11(14-8-10(7-12)15-11)6-9-2-4-13-5-3-9/h9-10H,2-8,12H2,1H3. The van der Waals surface area contributed by atoms with E-state index in [4.69, 9.17) is 19.9 Å². The Hall–Kier alpha value is -0.160. The Bertz CT molecular complexity index is 206. The minimum atomic E-state index is -0.411. The molecule has 2 unspecified atom stereocenters. The lowest BCUT2D eigenvalue weighted by atomic mass is 9.92. The molecule has 2 heterocycles. The van der Waals surface area contributed by atoms with Gasteiger partial charge in [-0.2, -0.15) is 0 Å². The summed E-state index contributed by atoms with van der Waals surface area (Å²) in [5.41, 5.74) is 5.56.